The zero-order chi connectivity index (χ0) is 43.4. The van der Waals surface area contributed by atoms with Gasteiger partial charge in [0.05, 0.1) is 0 Å². The van der Waals surface area contributed by atoms with Crippen LogP contribution in [0.3, 0.4) is 0 Å². The molecule has 0 nitrogen and oxygen atoms in total. The molecule has 0 aliphatic rings. The highest BCUT2D eigenvalue weighted by molar-refractivity contribution is 6.52. The van der Waals surface area contributed by atoms with Crippen LogP contribution in [0.2, 0.25) is 0 Å². The minimum absolute atomic E-state index is 1.11. The van der Waals surface area contributed by atoms with Gasteiger partial charge in [-0.3, -0.25) is 0 Å². The van der Waals surface area contributed by atoms with E-state index >= 15 is 0 Å². The van der Waals surface area contributed by atoms with E-state index in [1.165, 1.54) is 152 Å². The first kappa shape index (κ1) is 35.8. The Labute approximate surface area is 380 Å². The molecule has 0 spiro atoms. The lowest BCUT2D eigenvalue weighted by Crippen LogP contribution is -1.94. The van der Waals surface area contributed by atoms with E-state index in [0.717, 1.165) is 11.1 Å². The molecular formula is C66H38. The molecular weight excluding hydrogens is 793 g/mol. The lowest BCUT2D eigenvalue weighted by molar-refractivity contribution is 1.60. The van der Waals surface area contributed by atoms with Crippen LogP contribution in [0.25, 0.3) is 164 Å². The van der Waals surface area contributed by atoms with Gasteiger partial charge in [-0.1, -0.05) is 207 Å². The lowest BCUT2D eigenvalue weighted by Gasteiger charge is -2.19. The van der Waals surface area contributed by atoms with Crippen LogP contribution in [0, 0.1) is 0 Å². The van der Waals surface area contributed by atoms with Crippen LogP contribution >= 0.6 is 0 Å². The molecule has 0 atom stereocenters. The van der Waals surface area contributed by atoms with Gasteiger partial charge in [-0.15, -0.1) is 0 Å². The molecule has 0 saturated carbocycles. The summed E-state index contributed by atoms with van der Waals surface area (Å²) in [6.07, 6.45) is 4.09. The highest BCUT2D eigenvalue weighted by Gasteiger charge is 2.30. The lowest BCUT2D eigenvalue weighted by atomic mass is 9.83. The minimum Gasteiger partial charge on any atom is -0.0984 e. The van der Waals surface area contributed by atoms with Crippen molar-refractivity contribution in [1.82, 2.24) is 0 Å². The molecule has 0 aromatic heterocycles. The SMILES string of the molecule is C=Cc1c(C=C)c(-c2ccccc2)c2c3cc4ccc5cc6c7c(-c8ccccc8)c8ccccc8c(-c8ccccc8)c7c7ccc8c9ccc(c2c1-c1ccccc1)c3c9c4c5c8c76. The first-order valence-electron chi connectivity index (χ1n) is 23.0. The Kier molecular flexibility index (Phi) is 7.06. The Balaban J connectivity index is 1.18. The van der Waals surface area contributed by atoms with Crippen molar-refractivity contribution >= 4 is 120 Å². The second-order valence-electron chi connectivity index (χ2n) is 18.2. The third-order valence-electron chi connectivity index (χ3n) is 15.1. The van der Waals surface area contributed by atoms with Gasteiger partial charge in [-0.2, -0.15) is 0 Å². The van der Waals surface area contributed by atoms with E-state index in [9.17, 15) is 0 Å². The maximum Gasteiger partial charge on any atom is -0.000719 e. The monoisotopic (exact) mass is 830 g/mol. The maximum atomic E-state index is 4.46. The van der Waals surface area contributed by atoms with E-state index in [4.69, 9.17) is 0 Å². The molecule has 66 heavy (non-hydrogen) atoms. The van der Waals surface area contributed by atoms with Crippen LogP contribution in [0.1, 0.15) is 11.1 Å². The topological polar surface area (TPSA) is 0 Å². The summed E-state index contributed by atoms with van der Waals surface area (Å²) in [7, 11) is 0. The predicted molar refractivity (Wildman–Crippen MR) is 288 cm³/mol. The van der Waals surface area contributed by atoms with Gasteiger partial charge >= 0.3 is 0 Å². The fourth-order valence-corrected chi connectivity index (χ4v) is 12.8. The van der Waals surface area contributed by atoms with Crippen LogP contribution in [0.4, 0.5) is 0 Å². The quantitative estimate of drug-likeness (QED) is 0.116. The molecule has 0 unspecified atom stereocenters. The predicted octanol–water partition coefficient (Wildman–Crippen LogP) is 18.9. The summed E-state index contributed by atoms with van der Waals surface area (Å²) >= 11 is 0. The molecule has 0 fully saturated rings. The Morgan fingerprint density at radius 1 is 0.227 bits per heavy atom. The van der Waals surface area contributed by atoms with Gasteiger partial charge in [0.25, 0.3) is 0 Å². The van der Waals surface area contributed by atoms with Crippen molar-refractivity contribution in [3.05, 3.63) is 218 Å². The summed E-state index contributed by atoms with van der Waals surface area (Å²) in [5.74, 6) is 0. The summed E-state index contributed by atoms with van der Waals surface area (Å²) in [5, 5.41) is 26.3. The second kappa shape index (κ2) is 13.0. The molecule has 0 saturated heterocycles. The molecule has 302 valence electrons. The summed E-state index contributed by atoms with van der Waals surface area (Å²) in [5.41, 5.74) is 12.1. The molecule has 0 radical (unpaired) electrons. The molecule has 0 bridgehead atoms. The zero-order valence-electron chi connectivity index (χ0n) is 36.0. The average Bonchev–Trinajstić information content (AvgIpc) is 3.89. The summed E-state index contributed by atoms with van der Waals surface area (Å²) in [6, 6.07) is 72.6. The number of fused-ring (bicyclic) bond motifs is 8. The van der Waals surface area contributed by atoms with Gasteiger partial charge in [0.1, 0.15) is 0 Å². The van der Waals surface area contributed by atoms with E-state index in [1.54, 1.807) is 0 Å². The van der Waals surface area contributed by atoms with Crippen molar-refractivity contribution in [3.8, 4) is 44.5 Å². The van der Waals surface area contributed by atoms with Gasteiger partial charge < -0.3 is 0 Å². The van der Waals surface area contributed by atoms with Crippen LogP contribution in [0.15, 0.2) is 207 Å². The van der Waals surface area contributed by atoms with Gasteiger partial charge in [0.2, 0.25) is 0 Å². The Bertz CT molecular complexity index is 4480. The molecule has 0 N–H and O–H groups in total. The molecule has 15 aromatic rings. The van der Waals surface area contributed by atoms with Gasteiger partial charge in [-0.25, -0.2) is 0 Å². The summed E-state index contributed by atoms with van der Waals surface area (Å²) in [4.78, 5) is 0. The average molecular weight is 831 g/mol. The third kappa shape index (κ3) is 4.39. The Hall–Kier alpha value is -8.58. The highest BCUT2D eigenvalue weighted by Crippen LogP contribution is 2.58. The normalized spacial score (nSPS) is 12.4. The van der Waals surface area contributed by atoms with Crippen LogP contribution in [-0.4, -0.2) is 0 Å². The van der Waals surface area contributed by atoms with E-state index in [1.807, 2.05) is 12.2 Å². The van der Waals surface area contributed by atoms with E-state index in [-0.39, 0.29) is 0 Å². The van der Waals surface area contributed by atoms with Crippen molar-refractivity contribution in [2.45, 2.75) is 0 Å². The smallest absolute Gasteiger partial charge is 0.000719 e. The first-order valence-corrected chi connectivity index (χ1v) is 23.0. The number of rotatable bonds is 6. The van der Waals surface area contributed by atoms with Crippen molar-refractivity contribution in [1.29, 1.82) is 0 Å². The fourth-order valence-electron chi connectivity index (χ4n) is 12.8. The molecule has 15 aromatic carbocycles. The van der Waals surface area contributed by atoms with Gasteiger partial charge in [-0.05, 0) is 175 Å². The van der Waals surface area contributed by atoms with Crippen molar-refractivity contribution < 1.29 is 0 Å². The van der Waals surface area contributed by atoms with Gasteiger partial charge in [0, 0.05) is 0 Å². The maximum absolute atomic E-state index is 4.46. The largest absolute Gasteiger partial charge is 0.0984 e. The molecule has 0 heteroatoms. The van der Waals surface area contributed by atoms with Crippen molar-refractivity contribution in [2.24, 2.45) is 0 Å². The van der Waals surface area contributed by atoms with E-state index in [0.29, 0.717) is 0 Å². The summed E-state index contributed by atoms with van der Waals surface area (Å²) < 4.78 is 0. The second-order valence-corrected chi connectivity index (χ2v) is 18.2. The number of hydrogen-bond acceptors (Lipinski definition) is 0. The highest BCUT2D eigenvalue weighted by atomic mass is 14.3. The third-order valence-corrected chi connectivity index (χ3v) is 15.1. The van der Waals surface area contributed by atoms with E-state index in [2.05, 4.69) is 207 Å². The molecule has 0 aliphatic carbocycles. The molecule has 0 heterocycles. The van der Waals surface area contributed by atoms with E-state index < -0.39 is 0 Å². The number of hydrogen-bond donors (Lipinski definition) is 0. The zero-order valence-corrected chi connectivity index (χ0v) is 36.0. The first-order chi connectivity index (χ1) is 32.7. The standard InChI is InChI=1S/C66H38/c1-3-43-44(4-2)54(38-21-11-6-12-22-38)65-51-35-41-29-30-42-36-52-60-50(64-55(39-23-13-7-14-24-39)45-27-17-18-28-46(45)56(66(52)64)40-25-15-8-16-26-40)34-32-48-47-31-33-49(59(51)61(47)57(41)58(42)62(48)60)63(65)53(43)37-19-9-5-10-20-37/h3-36H,1-2H2. The van der Waals surface area contributed by atoms with Gasteiger partial charge in [0.15, 0.2) is 0 Å². The molecule has 15 rings (SSSR count). The Morgan fingerprint density at radius 2 is 0.545 bits per heavy atom. The molecule has 0 aliphatic heterocycles. The van der Waals surface area contributed by atoms with Crippen molar-refractivity contribution in [3.63, 3.8) is 0 Å². The number of benzene rings is 13. The molecule has 0 amide bonds. The summed E-state index contributed by atoms with van der Waals surface area (Å²) in [6.45, 7) is 8.91. The van der Waals surface area contributed by atoms with Crippen molar-refractivity contribution in [2.75, 3.05) is 0 Å². The Morgan fingerprint density at radius 3 is 0.939 bits per heavy atom. The minimum atomic E-state index is 1.11. The van der Waals surface area contributed by atoms with Crippen LogP contribution < -0.4 is 0 Å². The van der Waals surface area contributed by atoms with Crippen LogP contribution in [0.5, 0.6) is 0 Å². The van der Waals surface area contributed by atoms with Crippen LogP contribution in [-0.2, 0) is 0 Å². The fraction of sp³-hybridized carbons (Fsp3) is 0.